The second-order valence-electron chi connectivity index (χ2n) is 5.29. The zero-order valence-electron chi connectivity index (χ0n) is 12.7. The molecule has 112 valence electrons. The van der Waals surface area contributed by atoms with Gasteiger partial charge in [0, 0.05) is 18.8 Å². The van der Waals surface area contributed by atoms with E-state index in [0.29, 0.717) is 0 Å². The highest BCUT2D eigenvalue weighted by Crippen LogP contribution is 2.20. The molecule has 0 saturated carbocycles. The number of ether oxygens (including phenoxy) is 1. The largest absolute Gasteiger partial charge is 0.378 e. The van der Waals surface area contributed by atoms with Gasteiger partial charge >= 0.3 is 0 Å². The highest BCUT2D eigenvalue weighted by molar-refractivity contribution is 5.67. The molecule has 1 aliphatic rings. The third-order valence-electron chi connectivity index (χ3n) is 3.76. The molecule has 0 bridgehead atoms. The standard InChI is InChI=1S/C20H21NO/c1-3-8-18(9-4-1)10-7-13-20(19-11-5-2-6-12-19)21-14-16-22-17-15-21/h1-13H,14-17H2/b10-7+,20-13+. The highest BCUT2D eigenvalue weighted by atomic mass is 16.5. The molecular formula is C20H21NO. The Morgan fingerprint density at radius 3 is 2.18 bits per heavy atom. The topological polar surface area (TPSA) is 12.5 Å². The fraction of sp³-hybridized carbons (Fsp3) is 0.200. The van der Waals surface area contributed by atoms with E-state index in [1.165, 1.54) is 16.8 Å². The van der Waals surface area contributed by atoms with Crippen LogP contribution in [0.4, 0.5) is 0 Å². The Hall–Kier alpha value is -2.32. The van der Waals surface area contributed by atoms with Crippen LogP contribution in [0.1, 0.15) is 11.1 Å². The van der Waals surface area contributed by atoms with Crippen LogP contribution in [-0.2, 0) is 4.74 Å². The zero-order valence-corrected chi connectivity index (χ0v) is 12.7. The average molecular weight is 291 g/mol. The molecule has 1 heterocycles. The molecular weight excluding hydrogens is 270 g/mol. The van der Waals surface area contributed by atoms with Crippen LogP contribution in [-0.4, -0.2) is 31.2 Å². The van der Waals surface area contributed by atoms with Gasteiger partial charge in [-0.1, -0.05) is 72.8 Å². The molecule has 1 saturated heterocycles. The minimum atomic E-state index is 0.798. The molecule has 2 heteroatoms. The molecule has 22 heavy (non-hydrogen) atoms. The van der Waals surface area contributed by atoms with Crippen LogP contribution in [0.2, 0.25) is 0 Å². The van der Waals surface area contributed by atoms with E-state index in [0.717, 1.165) is 26.3 Å². The number of morpholine rings is 1. The van der Waals surface area contributed by atoms with Crippen molar-refractivity contribution < 1.29 is 4.74 Å². The van der Waals surface area contributed by atoms with Crippen LogP contribution in [0.3, 0.4) is 0 Å². The molecule has 0 unspecified atom stereocenters. The van der Waals surface area contributed by atoms with Gasteiger partial charge in [-0.2, -0.15) is 0 Å². The Bertz CT molecular complexity index is 625. The lowest BCUT2D eigenvalue weighted by molar-refractivity contribution is 0.0639. The molecule has 0 amide bonds. The molecule has 2 nitrogen and oxygen atoms in total. The molecule has 0 aromatic heterocycles. The first kappa shape index (κ1) is 14.6. The summed E-state index contributed by atoms with van der Waals surface area (Å²) < 4.78 is 5.47. The lowest BCUT2D eigenvalue weighted by atomic mass is 10.1. The van der Waals surface area contributed by atoms with E-state index in [1.54, 1.807) is 0 Å². The monoisotopic (exact) mass is 291 g/mol. The van der Waals surface area contributed by atoms with Gasteiger partial charge in [-0.05, 0) is 17.2 Å². The molecule has 0 radical (unpaired) electrons. The van der Waals surface area contributed by atoms with Crippen molar-refractivity contribution in [1.29, 1.82) is 0 Å². The van der Waals surface area contributed by atoms with E-state index in [-0.39, 0.29) is 0 Å². The predicted molar refractivity (Wildman–Crippen MR) is 92.3 cm³/mol. The quantitative estimate of drug-likeness (QED) is 0.787. The van der Waals surface area contributed by atoms with Crippen molar-refractivity contribution in [2.45, 2.75) is 0 Å². The summed E-state index contributed by atoms with van der Waals surface area (Å²) in [5.74, 6) is 0. The van der Waals surface area contributed by atoms with Crippen LogP contribution in [0.15, 0.2) is 72.8 Å². The summed E-state index contributed by atoms with van der Waals surface area (Å²) in [6, 6.07) is 20.9. The molecule has 2 aromatic rings. The number of rotatable bonds is 4. The maximum absolute atomic E-state index is 5.47. The summed E-state index contributed by atoms with van der Waals surface area (Å²) in [4.78, 5) is 2.40. The molecule has 0 atom stereocenters. The van der Waals surface area contributed by atoms with Crippen molar-refractivity contribution in [2.24, 2.45) is 0 Å². The lowest BCUT2D eigenvalue weighted by Gasteiger charge is -2.31. The second kappa shape index (κ2) is 7.62. The highest BCUT2D eigenvalue weighted by Gasteiger charge is 2.14. The Morgan fingerprint density at radius 2 is 1.50 bits per heavy atom. The van der Waals surface area contributed by atoms with E-state index < -0.39 is 0 Å². The van der Waals surface area contributed by atoms with Crippen LogP contribution in [0.25, 0.3) is 11.8 Å². The van der Waals surface area contributed by atoms with Gasteiger partial charge < -0.3 is 9.64 Å². The Morgan fingerprint density at radius 1 is 0.864 bits per heavy atom. The van der Waals surface area contributed by atoms with E-state index in [1.807, 2.05) is 6.07 Å². The maximum Gasteiger partial charge on any atom is 0.0642 e. The van der Waals surface area contributed by atoms with Crippen LogP contribution < -0.4 is 0 Å². The summed E-state index contributed by atoms with van der Waals surface area (Å²) >= 11 is 0. The van der Waals surface area contributed by atoms with Crippen molar-refractivity contribution in [3.05, 3.63) is 83.9 Å². The fourth-order valence-corrected chi connectivity index (χ4v) is 2.61. The first-order valence-corrected chi connectivity index (χ1v) is 7.75. The van der Waals surface area contributed by atoms with Gasteiger partial charge in [0.15, 0.2) is 0 Å². The predicted octanol–water partition coefficient (Wildman–Crippen LogP) is 4.07. The molecule has 2 aromatic carbocycles. The van der Waals surface area contributed by atoms with Crippen molar-refractivity contribution in [1.82, 2.24) is 4.90 Å². The van der Waals surface area contributed by atoms with Crippen LogP contribution in [0, 0.1) is 0 Å². The maximum atomic E-state index is 5.47. The van der Waals surface area contributed by atoms with E-state index in [9.17, 15) is 0 Å². The van der Waals surface area contributed by atoms with Crippen LogP contribution in [0.5, 0.6) is 0 Å². The van der Waals surface area contributed by atoms with Crippen molar-refractivity contribution in [3.63, 3.8) is 0 Å². The van der Waals surface area contributed by atoms with Crippen LogP contribution >= 0.6 is 0 Å². The molecule has 3 rings (SSSR count). The Balaban J connectivity index is 1.84. The molecule has 1 fully saturated rings. The first-order valence-electron chi connectivity index (χ1n) is 7.75. The smallest absolute Gasteiger partial charge is 0.0642 e. The second-order valence-corrected chi connectivity index (χ2v) is 5.29. The first-order chi connectivity index (χ1) is 10.9. The van der Waals surface area contributed by atoms with Gasteiger partial charge in [-0.25, -0.2) is 0 Å². The molecule has 0 spiro atoms. The SMILES string of the molecule is C(=C\c1ccccc1)/C=C(\c1ccccc1)N1CCOCC1. The third kappa shape index (κ3) is 3.86. The lowest BCUT2D eigenvalue weighted by Crippen LogP contribution is -2.34. The van der Waals surface area contributed by atoms with Gasteiger partial charge in [0.2, 0.25) is 0 Å². The summed E-state index contributed by atoms with van der Waals surface area (Å²) in [6.07, 6.45) is 6.48. The minimum absolute atomic E-state index is 0.798. The fourth-order valence-electron chi connectivity index (χ4n) is 2.61. The molecule has 0 N–H and O–H groups in total. The zero-order chi connectivity index (χ0) is 15.0. The summed E-state index contributed by atoms with van der Waals surface area (Å²) in [7, 11) is 0. The van der Waals surface area contributed by atoms with E-state index >= 15 is 0 Å². The van der Waals surface area contributed by atoms with Gasteiger partial charge in [0.25, 0.3) is 0 Å². The minimum Gasteiger partial charge on any atom is -0.378 e. The third-order valence-corrected chi connectivity index (χ3v) is 3.76. The molecule has 1 aliphatic heterocycles. The van der Waals surface area contributed by atoms with E-state index in [2.05, 4.69) is 77.7 Å². The van der Waals surface area contributed by atoms with Crippen molar-refractivity contribution >= 4 is 11.8 Å². The van der Waals surface area contributed by atoms with Gasteiger partial charge in [0.05, 0.1) is 13.2 Å². The number of hydrogen-bond donors (Lipinski definition) is 0. The van der Waals surface area contributed by atoms with E-state index in [4.69, 9.17) is 4.74 Å². The molecule has 0 aliphatic carbocycles. The number of allylic oxidation sites excluding steroid dienone is 2. The number of hydrogen-bond acceptors (Lipinski definition) is 2. The van der Waals surface area contributed by atoms with Crippen molar-refractivity contribution in [2.75, 3.05) is 26.3 Å². The Kier molecular flexibility index (Phi) is 5.06. The number of nitrogens with zero attached hydrogens (tertiary/aromatic N) is 1. The summed E-state index contributed by atoms with van der Waals surface area (Å²) in [6.45, 7) is 3.49. The Labute approximate surface area is 132 Å². The average Bonchev–Trinajstić information content (AvgIpc) is 2.61. The van der Waals surface area contributed by atoms with Crippen molar-refractivity contribution in [3.8, 4) is 0 Å². The summed E-state index contributed by atoms with van der Waals surface area (Å²) in [5, 5.41) is 0. The number of benzene rings is 2. The van der Waals surface area contributed by atoms with Gasteiger partial charge in [-0.3, -0.25) is 0 Å². The van der Waals surface area contributed by atoms with Gasteiger partial charge in [0.1, 0.15) is 0 Å². The van der Waals surface area contributed by atoms with Gasteiger partial charge in [-0.15, -0.1) is 0 Å². The summed E-state index contributed by atoms with van der Waals surface area (Å²) in [5.41, 5.74) is 3.73. The normalized spacial score (nSPS) is 16.2.